The molecule has 0 heterocycles. The molecule has 0 aliphatic heterocycles. The fraction of sp³-hybridized carbons (Fsp3) is 0.550. The highest BCUT2D eigenvalue weighted by Gasteiger charge is 2.31. The summed E-state index contributed by atoms with van der Waals surface area (Å²) in [7, 11) is 0. The number of Topliss-reactive ketones (excluding diaryl/α,β-unsaturated/α-hetero) is 1. The second-order valence-corrected chi connectivity index (χ2v) is 8.04. The SMILES string of the molecule is CC(=O)c1cccc(OCCN(C(=O)OC(C)(C)C)C(=O)OC(C)(C)C)c1. The molecule has 1 aromatic rings. The topological polar surface area (TPSA) is 82.1 Å². The van der Waals surface area contributed by atoms with Gasteiger partial charge in [0.25, 0.3) is 0 Å². The van der Waals surface area contributed by atoms with Crippen LogP contribution in [0, 0.1) is 0 Å². The zero-order chi connectivity index (χ0) is 20.8. The lowest BCUT2D eigenvalue weighted by Crippen LogP contribution is -2.45. The van der Waals surface area contributed by atoms with E-state index in [1.807, 2.05) is 0 Å². The number of nitrogens with zero attached hydrogens (tertiary/aromatic N) is 1. The standard InChI is InChI=1S/C20H29NO6/c1-14(22)15-9-8-10-16(13-15)25-12-11-21(17(23)26-19(2,3)4)18(24)27-20(5,6)7/h8-10,13H,11-12H2,1-7H3. The van der Waals surface area contributed by atoms with Crippen LogP contribution in [0.5, 0.6) is 5.75 Å². The van der Waals surface area contributed by atoms with Gasteiger partial charge in [-0.05, 0) is 60.6 Å². The predicted molar refractivity (Wildman–Crippen MR) is 101 cm³/mol. The van der Waals surface area contributed by atoms with Crippen LogP contribution in [0.1, 0.15) is 58.8 Å². The quantitative estimate of drug-likeness (QED) is 0.704. The van der Waals surface area contributed by atoms with E-state index in [1.165, 1.54) is 6.92 Å². The summed E-state index contributed by atoms with van der Waals surface area (Å²) in [5.41, 5.74) is -0.995. The first-order chi connectivity index (χ1) is 12.3. The minimum atomic E-state index is -0.808. The first-order valence-corrected chi connectivity index (χ1v) is 8.76. The first kappa shape index (κ1) is 22.5. The van der Waals surface area contributed by atoms with E-state index in [0.29, 0.717) is 11.3 Å². The molecule has 7 heteroatoms. The molecule has 0 unspecified atom stereocenters. The highest BCUT2D eigenvalue weighted by Crippen LogP contribution is 2.16. The summed E-state index contributed by atoms with van der Waals surface area (Å²) in [6.07, 6.45) is -1.62. The van der Waals surface area contributed by atoms with E-state index < -0.39 is 23.4 Å². The Hall–Kier alpha value is -2.57. The molecule has 27 heavy (non-hydrogen) atoms. The summed E-state index contributed by atoms with van der Waals surface area (Å²) in [5.74, 6) is 0.389. The van der Waals surface area contributed by atoms with Crippen molar-refractivity contribution >= 4 is 18.0 Å². The Labute approximate surface area is 160 Å². The molecule has 1 aromatic carbocycles. The Morgan fingerprint density at radius 2 is 1.44 bits per heavy atom. The molecule has 0 fully saturated rings. The van der Waals surface area contributed by atoms with Crippen molar-refractivity contribution in [2.75, 3.05) is 13.2 Å². The average Bonchev–Trinajstić information content (AvgIpc) is 2.48. The molecule has 0 atom stereocenters. The van der Waals surface area contributed by atoms with Gasteiger partial charge in [0.2, 0.25) is 0 Å². The smallest absolute Gasteiger partial charge is 0.419 e. The highest BCUT2D eigenvalue weighted by molar-refractivity contribution is 5.94. The van der Waals surface area contributed by atoms with Gasteiger partial charge < -0.3 is 14.2 Å². The van der Waals surface area contributed by atoms with Crippen molar-refractivity contribution in [3.8, 4) is 5.75 Å². The Bertz CT molecular complexity index is 656. The normalized spacial score (nSPS) is 11.5. The van der Waals surface area contributed by atoms with Crippen molar-refractivity contribution in [1.82, 2.24) is 4.90 Å². The van der Waals surface area contributed by atoms with E-state index in [9.17, 15) is 14.4 Å². The van der Waals surface area contributed by atoms with Crippen molar-refractivity contribution in [1.29, 1.82) is 0 Å². The van der Waals surface area contributed by atoms with E-state index in [-0.39, 0.29) is 18.9 Å². The number of carbonyl (C=O) groups is 3. The minimum absolute atomic E-state index is 0.0276. The molecule has 0 saturated carbocycles. The minimum Gasteiger partial charge on any atom is -0.492 e. The molecular formula is C20H29NO6. The van der Waals surface area contributed by atoms with Crippen molar-refractivity contribution < 1.29 is 28.6 Å². The van der Waals surface area contributed by atoms with Gasteiger partial charge in [-0.25, -0.2) is 14.5 Å². The van der Waals surface area contributed by atoms with E-state index in [2.05, 4.69) is 0 Å². The maximum absolute atomic E-state index is 12.4. The van der Waals surface area contributed by atoms with Gasteiger partial charge in [-0.2, -0.15) is 0 Å². The number of amides is 2. The van der Waals surface area contributed by atoms with Crippen LogP contribution in [0.3, 0.4) is 0 Å². The van der Waals surface area contributed by atoms with Crippen LogP contribution in [0.15, 0.2) is 24.3 Å². The lowest BCUT2D eigenvalue weighted by Gasteiger charge is -2.28. The monoisotopic (exact) mass is 379 g/mol. The fourth-order valence-electron chi connectivity index (χ4n) is 1.95. The van der Waals surface area contributed by atoms with Crippen molar-refractivity contribution in [3.63, 3.8) is 0 Å². The van der Waals surface area contributed by atoms with E-state index in [4.69, 9.17) is 14.2 Å². The molecule has 0 saturated heterocycles. The van der Waals surface area contributed by atoms with Gasteiger partial charge in [0.15, 0.2) is 5.78 Å². The van der Waals surface area contributed by atoms with Crippen molar-refractivity contribution in [2.24, 2.45) is 0 Å². The van der Waals surface area contributed by atoms with Crippen LogP contribution in [-0.4, -0.2) is 47.2 Å². The number of ether oxygens (including phenoxy) is 3. The van der Waals surface area contributed by atoms with Crippen LogP contribution in [0.2, 0.25) is 0 Å². The number of benzene rings is 1. The van der Waals surface area contributed by atoms with Gasteiger partial charge in [-0.3, -0.25) is 4.79 Å². The number of hydrogen-bond acceptors (Lipinski definition) is 6. The van der Waals surface area contributed by atoms with Gasteiger partial charge in [-0.15, -0.1) is 0 Å². The summed E-state index contributed by atoms with van der Waals surface area (Å²) in [5, 5.41) is 0. The van der Waals surface area contributed by atoms with E-state index in [1.54, 1.807) is 65.8 Å². The molecule has 0 spiro atoms. The Balaban J connectivity index is 2.81. The summed E-state index contributed by atoms with van der Waals surface area (Å²) >= 11 is 0. The molecule has 7 nitrogen and oxygen atoms in total. The number of carbonyl (C=O) groups excluding carboxylic acids is 3. The van der Waals surface area contributed by atoms with Crippen LogP contribution in [0.4, 0.5) is 9.59 Å². The molecule has 0 aliphatic carbocycles. The van der Waals surface area contributed by atoms with Crippen LogP contribution < -0.4 is 4.74 Å². The Morgan fingerprint density at radius 1 is 0.926 bits per heavy atom. The molecule has 0 N–H and O–H groups in total. The summed E-state index contributed by atoms with van der Waals surface area (Å²) in [4.78, 5) is 37.1. The zero-order valence-electron chi connectivity index (χ0n) is 17.1. The van der Waals surface area contributed by atoms with Crippen LogP contribution >= 0.6 is 0 Å². The fourth-order valence-corrected chi connectivity index (χ4v) is 1.95. The highest BCUT2D eigenvalue weighted by atomic mass is 16.6. The molecule has 0 radical (unpaired) electrons. The molecule has 1 rings (SSSR count). The maximum Gasteiger partial charge on any atom is 0.419 e. The molecule has 2 amide bonds. The van der Waals surface area contributed by atoms with Gasteiger partial charge in [0.1, 0.15) is 23.6 Å². The summed E-state index contributed by atoms with van der Waals surface area (Å²) in [6, 6.07) is 6.68. The van der Waals surface area contributed by atoms with Crippen LogP contribution in [-0.2, 0) is 9.47 Å². The average molecular weight is 379 g/mol. The zero-order valence-corrected chi connectivity index (χ0v) is 17.1. The number of ketones is 1. The third kappa shape index (κ3) is 8.57. The lowest BCUT2D eigenvalue weighted by molar-refractivity contribution is -0.000683. The number of imide groups is 1. The molecule has 0 aliphatic rings. The van der Waals surface area contributed by atoms with Gasteiger partial charge in [-0.1, -0.05) is 12.1 Å². The molecule has 0 aromatic heterocycles. The summed E-state index contributed by atoms with van der Waals surface area (Å²) in [6.45, 7) is 11.7. The van der Waals surface area contributed by atoms with E-state index in [0.717, 1.165) is 4.90 Å². The number of rotatable bonds is 5. The Kier molecular flexibility index (Phi) is 7.39. The van der Waals surface area contributed by atoms with Gasteiger partial charge >= 0.3 is 12.2 Å². The van der Waals surface area contributed by atoms with Crippen molar-refractivity contribution in [2.45, 2.75) is 59.7 Å². The van der Waals surface area contributed by atoms with Crippen LogP contribution in [0.25, 0.3) is 0 Å². The first-order valence-electron chi connectivity index (χ1n) is 8.76. The van der Waals surface area contributed by atoms with E-state index >= 15 is 0 Å². The second kappa shape index (κ2) is 8.88. The maximum atomic E-state index is 12.4. The second-order valence-electron chi connectivity index (χ2n) is 8.04. The van der Waals surface area contributed by atoms with Gasteiger partial charge in [0.05, 0.1) is 6.54 Å². The predicted octanol–water partition coefficient (Wildman–Crippen LogP) is 4.44. The third-order valence-corrected chi connectivity index (χ3v) is 3.05. The lowest BCUT2D eigenvalue weighted by atomic mass is 10.1. The summed E-state index contributed by atoms with van der Waals surface area (Å²) < 4.78 is 16.1. The Morgan fingerprint density at radius 3 is 1.89 bits per heavy atom. The number of hydrogen-bond donors (Lipinski definition) is 0. The third-order valence-electron chi connectivity index (χ3n) is 3.05. The van der Waals surface area contributed by atoms with Crippen molar-refractivity contribution in [3.05, 3.63) is 29.8 Å². The largest absolute Gasteiger partial charge is 0.492 e. The molecule has 150 valence electrons. The molecular weight excluding hydrogens is 350 g/mol. The van der Waals surface area contributed by atoms with Gasteiger partial charge in [0, 0.05) is 5.56 Å². The molecule has 0 bridgehead atoms.